The summed E-state index contributed by atoms with van der Waals surface area (Å²) in [5.74, 6) is 0.948. The number of hydrogen-bond donors (Lipinski definition) is 0. The highest BCUT2D eigenvalue weighted by atomic mass is 35.5. The molecule has 2 heteroatoms. The molecule has 1 atom stereocenters. The predicted molar refractivity (Wildman–Crippen MR) is 75.4 cm³/mol. The average Bonchev–Trinajstić information content (AvgIpc) is 2.78. The van der Waals surface area contributed by atoms with E-state index in [0.29, 0.717) is 18.1 Å². The third kappa shape index (κ3) is 1.83. The molecule has 0 spiro atoms. The minimum Gasteiger partial charge on any atom is -0.299 e. The summed E-state index contributed by atoms with van der Waals surface area (Å²) in [4.78, 5) is 12.3. The monoisotopic (exact) mass is 258 g/mol. The van der Waals surface area contributed by atoms with Crippen LogP contribution in [0.1, 0.15) is 29.9 Å². The maximum Gasteiger partial charge on any atom is 0.140 e. The topological polar surface area (TPSA) is 17.1 Å². The van der Waals surface area contributed by atoms with E-state index in [9.17, 15) is 4.79 Å². The van der Waals surface area contributed by atoms with Gasteiger partial charge in [0.15, 0.2) is 0 Å². The van der Waals surface area contributed by atoms with Gasteiger partial charge in [0.1, 0.15) is 5.78 Å². The van der Waals surface area contributed by atoms with Crippen molar-refractivity contribution >= 4 is 28.2 Å². The Hall–Kier alpha value is -1.34. The second kappa shape index (κ2) is 4.74. The first kappa shape index (κ1) is 11.7. The first-order chi connectivity index (χ1) is 8.81. The van der Waals surface area contributed by atoms with Crippen molar-refractivity contribution in [3.63, 3.8) is 0 Å². The molecule has 0 saturated carbocycles. The molecule has 0 bridgehead atoms. The number of ketones is 1. The van der Waals surface area contributed by atoms with E-state index in [-0.39, 0.29) is 5.92 Å². The molecule has 18 heavy (non-hydrogen) atoms. The van der Waals surface area contributed by atoms with Gasteiger partial charge in [0, 0.05) is 18.2 Å². The van der Waals surface area contributed by atoms with Crippen LogP contribution < -0.4 is 0 Å². The summed E-state index contributed by atoms with van der Waals surface area (Å²) in [6, 6.07) is 12.6. The van der Waals surface area contributed by atoms with Gasteiger partial charge in [-0.3, -0.25) is 4.79 Å². The summed E-state index contributed by atoms with van der Waals surface area (Å²) in [6.07, 6.45) is 2.24. The van der Waals surface area contributed by atoms with Gasteiger partial charge in [0.25, 0.3) is 0 Å². The van der Waals surface area contributed by atoms with Gasteiger partial charge in [0.2, 0.25) is 0 Å². The molecule has 3 rings (SSSR count). The van der Waals surface area contributed by atoms with Crippen molar-refractivity contribution in [2.75, 3.05) is 5.88 Å². The lowest BCUT2D eigenvalue weighted by atomic mass is 9.93. The molecule has 0 amide bonds. The Balaban J connectivity index is 2.00. The Morgan fingerprint density at radius 2 is 2.00 bits per heavy atom. The van der Waals surface area contributed by atoms with Crippen molar-refractivity contribution in [2.45, 2.75) is 25.2 Å². The Labute approximate surface area is 112 Å². The van der Waals surface area contributed by atoms with Crippen molar-refractivity contribution < 1.29 is 4.79 Å². The van der Waals surface area contributed by atoms with Crippen LogP contribution in [0.4, 0.5) is 0 Å². The molecule has 2 aromatic carbocycles. The van der Waals surface area contributed by atoms with Crippen molar-refractivity contribution in [1.29, 1.82) is 0 Å². The molecule has 1 unspecified atom stereocenters. The second-order valence-corrected chi connectivity index (χ2v) is 5.26. The van der Waals surface area contributed by atoms with Crippen LogP contribution in [-0.4, -0.2) is 11.7 Å². The fourth-order valence-corrected chi connectivity index (χ4v) is 3.08. The molecule has 0 radical (unpaired) electrons. The molecular weight excluding hydrogens is 244 g/mol. The minimum atomic E-state index is 0.0503. The number of alkyl halides is 1. The van der Waals surface area contributed by atoms with Crippen LogP contribution in [0, 0.1) is 0 Å². The molecule has 0 saturated heterocycles. The molecule has 0 aliphatic heterocycles. The van der Waals surface area contributed by atoms with E-state index >= 15 is 0 Å². The van der Waals surface area contributed by atoms with Crippen LogP contribution in [0.25, 0.3) is 10.8 Å². The molecule has 0 aromatic heterocycles. The largest absolute Gasteiger partial charge is 0.299 e. The summed E-state index contributed by atoms with van der Waals surface area (Å²) < 4.78 is 0. The van der Waals surface area contributed by atoms with Crippen molar-refractivity contribution in [1.82, 2.24) is 0 Å². The number of rotatable bonds is 4. The quantitative estimate of drug-likeness (QED) is 0.756. The summed E-state index contributed by atoms with van der Waals surface area (Å²) in [5, 5.41) is 2.54. The molecule has 0 heterocycles. The lowest BCUT2D eigenvalue weighted by Gasteiger charge is -2.09. The van der Waals surface area contributed by atoms with Crippen LogP contribution in [0.3, 0.4) is 0 Å². The van der Waals surface area contributed by atoms with Crippen LogP contribution in [0.5, 0.6) is 0 Å². The number of carbonyl (C=O) groups is 1. The van der Waals surface area contributed by atoms with Crippen molar-refractivity contribution in [3.05, 3.63) is 47.5 Å². The molecular formula is C16H15ClO. The van der Waals surface area contributed by atoms with Gasteiger partial charge in [0.05, 0.1) is 0 Å². The highest BCUT2D eigenvalue weighted by Gasteiger charge is 2.28. The average molecular weight is 259 g/mol. The zero-order chi connectivity index (χ0) is 12.5. The zero-order valence-electron chi connectivity index (χ0n) is 10.2. The first-order valence-electron chi connectivity index (χ1n) is 6.40. The predicted octanol–water partition coefficient (Wildman–Crippen LogP) is 4.07. The fourth-order valence-electron chi connectivity index (χ4n) is 2.94. The molecule has 2 aromatic rings. The molecule has 1 nitrogen and oxygen atoms in total. The Morgan fingerprint density at radius 1 is 1.22 bits per heavy atom. The highest BCUT2D eigenvalue weighted by Crippen LogP contribution is 2.39. The SMILES string of the molecule is O=C(CCCCl)C1Cc2cccc3cccc1c23. The number of halogens is 1. The Kier molecular flexibility index (Phi) is 3.09. The van der Waals surface area contributed by atoms with Gasteiger partial charge in [-0.2, -0.15) is 0 Å². The zero-order valence-corrected chi connectivity index (χ0v) is 10.9. The van der Waals surface area contributed by atoms with E-state index in [1.54, 1.807) is 0 Å². The van der Waals surface area contributed by atoms with Gasteiger partial charge in [-0.15, -0.1) is 11.6 Å². The summed E-state index contributed by atoms with van der Waals surface area (Å²) >= 11 is 5.67. The van der Waals surface area contributed by atoms with Crippen molar-refractivity contribution in [3.8, 4) is 0 Å². The number of benzene rings is 2. The van der Waals surface area contributed by atoms with E-state index in [2.05, 4.69) is 36.4 Å². The van der Waals surface area contributed by atoms with E-state index in [4.69, 9.17) is 11.6 Å². The lowest BCUT2D eigenvalue weighted by molar-refractivity contribution is -0.120. The van der Waals surface area contributed by atoms with E-state index < -0.39 is 0 Å². The van der Waals surface area contributed by atoms with Gasteiger partial charge >= 0.3 is 0 Å². The third-order valence-corrected chi connectivity index (χ3v) is 4.04. The van der Waals surface area contributed by atoms with E-state index in [1.165, 1.54) is 21.9 Å². The molecule has 92 valence electrons. The third-order valence-electron chi connectivity index (χ3n) is 3.77. The van der Waals surface area contributed by atoms with Crippen molar-refractivity contribution in [2.24, 2.45) is 0 Å². The van der Waals surface area contributed by atoms with Crippen LogP contribution in [-0.2, 0) is 11.2 Å². The highest BCUT2D eigenvalue weighted by molar-refractivity contribution is 6.18. The standard InChI is InChI=1S/C16H15ClO/c17-9-3-8-15(18)14-10-12-6-1-4-11-5-2-7-13(14)16(11)12/h1-2,4-7,14H,3,8-10H2. The van der Waals surface area contributed by atoms with E-state index in [0.717, 1.165) is 12.8 Å². The van der Waals surface area contributed by atoms with Crippen LogP contribution >= 0.6 is 11.6 Å². The first-order valence-corrected chi connectivity index (χ1v) is 6.94. The smallest absolute Gasteiger partial charge is 0.140 e. The molecule has 1 aliphatic rings. The van der Waals surface area contributed by atoms with Gasteiger partial charge in [-0.1, -0.05) is 36.4 Å². The number of carbonyl (C=O) groups excluding carboxylic acids is 1. The maximum atomic E-state index is 12.3. The molecule has 0 N–H and O–H groups in total. The minimum absolute atomic E-state index is 0.0503. The lowest BCUT2D eigenvalue weighted by Crippen LogP contribution is -2.11. The fraction of sp³-hybridized carbons (Fsp3) is 0.312. The summed E-state index contributed by atoms with van der Waals surface area (Å²) in [6.45, 7) is 0. The number of Topliss-reactive ketones (excluding diaryl/α,β-unsaturated/α-hetero) is 1. The van der Waals surface area contributed by atoms with Crippen LogP contribution in [0.15, 0.2) is 36.4 Å². The van der Waals surface area contributed by atoms with Gasteiger partial charge < -0.3 is 0 Å². The summed E-state index contributed by atoms with van der Waals surface area (Å²) in [5.41, 5.74) is 2.52. The van der Waals surface area contributed by atoms with Crippen LogP contribution in [0.2, 0.25) is 0 Å². The normalized spacial score (nSPS) is 17.3. The second-order valence-electron chi connectivity index (χ2n) is 4.88. The van der Waals surface area contributed by atoms with Gasteiger partial charge in [-0.25, -0.2) is 0 Å². The summed E-state index contributed by atoms with van der Waals surface area (Å²) in [7, 11) is 0. The molecule has 0 fully saturated rings. The Bertz CT molecular complexity index is 598. The number of hydrogen-bond acceptors (Lipinski definition) is 1. The maximum absolute atomic E-state index is 12.3. The van der Waals surface area contributed by atoms with Gasteiger partial charge in [-0.05, 0) is 34.7 Å². The van der Waals surface area contributed by atoms with E-state index in [1.807, 2.05) is 0 Å². The molecule has 1 aliphatic carbocycles. The Morgan fingerprint density at radius 3 is 2.78 bits per heavy atom.